The molecule has 1 amide bonds. The minimum Gasteiger partial charge on any atom is -0.415 e. The highest BCUT2D eigenvalue weighted by atomic mass is 35.5. The number of alkyl halides is 2. The van der Waals surface area contributed by atoms with Gasteiger partial charge in [0.1, 0.15) is 6.61 Å². The van der Waals surface area contributed by atoms with Crippen molar-refractivity contribution in [3.8, 4) is 11.5 Å². The Balaban J connectivity index is 1.30. The zero-order chi connectivity index (χ0) is 28.4. The van der Waals surface area contributed by atoms with Crippen molar-refractivity contribution in [3.05, 3.63) is 65.0 Å². The fourth-order valence-corrected chi connectivity index (χ4v) is 7.11. The van der Waals surface area contributed by atoms with E-state index in [0.29, 0.717) is 60.9 Å². The fraction of sp³-hybridized carbons (Fsp3) is 0.423. The third-order valence-electron chi connectivity index (χ3n) is 7.32. The molecule has 0 bridgehead atoms. The highest BCUT2D eigenvalue weighted by Gasteiger charge is 2.40. The number of sulfonamides is 1. The second-order valence-electron chi connectivity index (χ2n) is 9.82. The number of carbonyl (C=O) groups is 1. The first-order valence-corrected chi connectivity index (χ1v) is 14.6. The van der Waals surface area contributed by atoms with Gasteiger partial charge in [0.2, 0.25) is 21.8 Å². The Morgan fingerprint density at radius 3 is 2.42 bits per heavy atom. The molecule has 3 aromatic rings. The summed E-state index contributed by atoms with van der Waals surface area (Å²) in [6.07, 6.45) is -2.00. The van der Waals surface area contributed by atoms with Gasteiger partial charge in [0.25, 0.3) is 5.89 Å². The number of aliphatic hydroxyl groups is 1. The van der Waals surface area contributed by atoms with E-state index in [4.69, 9.17) is 21.1 Å². The van der Waals surface area contributed by atoms with Crippen LogP contribution in [0, 0.1) is 0 Å². The van der Waals surface area contributed by atoms with Crippen LogP contribution < -0.4 is 4.31 Å². The Hall–Kier alpha value is -3.13. The molecule has 3 heterocycles. The summed E-state index contributed by atoms with van der Waals surface area (Å²) in [5.41, 5.74) is 1.54. The van der Waals surface area contributed by atoms with Gasteiger partial charge in [0, 0.05) is 29.7 Å². The number of carbonyl (C=O) groups excluding carboxylic acids is 1. The van der Waals surface area contributed by atoms with Gasteiger partial charge in [-0.15, -0.1) is 10.2 Å². The van der Waals surface area contributed by atoms with E-state index in [2.05, 4.69) is 15.1 Å². The van der Waals surface area contributed by atoms with Crippen LogP contribution in [0.1, 0.15) is 30.7 Å². The fourth-order valence-electron chi connectivity index (χ4n) is 5.03. The van der Waals surface area contributed by atoms with Gasteiger partial charge in [0.05, 0.1) is 17.5 Å². The van der Waals surface area contributed by atoms with Crippen LogP contribution in [-0.4, -0.2) is 83.5 Å². The number of aliphatic hydroxyl groups excluding tert-OH is 1. The van der Waals surface area contributed by atoms with E-state index in [0.717, 1.165) is 0 Å². The summed E-state index contributed by atoms with van der Waals surface area (Å²) in [5, 5.41) is 15.8. The van der Waals surface area contributed by atoms with Crippen molar-refractivity contribution in [1.82, 2.24) is 20.0 Å². The SMILES string of the molecule is O=C(CO)N1CC(N2CCC(S(=O)(=O)N(Cc3ccc(-c4nnc(C(F)F)o4)cc3)c3cccc(Cl)c3)CC2)C1. The molecule has 214 valence electrons. The molecule has 0 spiro atoms. The van der Waals surface area contributed by atoms with Gasteiger partial charge in [-0.3, -0.25) is 14.0 Å². The number of likely N-dealkylation sites (tertiary alicyclic amines) is 2. The minimum absolute atomic E-state index is 0.0378. The van der Waals surface area contributed by atoms with Gasteiger partial charge >= 0.3 is 6.43 Å². The highest BCUT2D eigenvalue weighted by Crippen LogP contribution is 2.31. The number of benzene rings is 2. The van der Waals surface area contributed by atoms with E-state index in [1.165, 1.54) is 4.31 Å². The van der Waals surface area contributed by atoms with Crippen molar-refractivity contribution >= 4 is 33.2 Å². The van der Waals surface area contributed by atoms with Gasteiger partial charge in [-0.25, -0.2) is 8.42 Å². The molecule has 0 radical (unpaired) electrons. The first kappa shape index (κ1) is 28.4. The maximum atomic E-state index is 14.0. The van der Waals surface area contributed by atoms with Gasteiger partial charge in [0.15, 0.2) is 0 Å². The number of aromatic nitrogens is 2. The number of amides is 1. The summed E-state index contributed by atoms with van der Waals surface area (Å²) in [6, 6.07) is 13.4. The molecule has 1 aromatic heterocycles. The van der Waals surface area contributed by atoms with Crippen LogP contribution >= 0.6 is 11.6 Å². The molecule has 2 fully saturated rings. The van der Waals surface area contributed by atoms with Crippen molar-refractivity contribution in [2.45, 2.75) is 37.1 Å². The Morgan fingerprint density at radius 1 is 1.12 bits per heavy atom. The molecule has 2 aliphatic heterocycles. The molecule has 10 nitrogen and oxygen atoms in total. The first-order chi connectivity index (χ1) is 19.2. The van der Waals surface area contributed by atoms with E-state index >= 15 is 0 Å². The number of hydrogen-bond acceptors (Lipinski definition) is 8. The Bertz CT molecular complexity index is 1440. The maximum Gasteiger partial charge on any atom is 0.314 e. The lowest BCUT2D eigenvalue weighted by atomic mass is 10.0. The number of rotatable bonds is 9. The number of hydrogen-bond donors (Lipinski definition) is 1. The summed E-state index contributed by atoms with van der Waals surface area (Å²) in [5.74, 6) is -1.12. The molecule has 0 aliphatic carbocycles. The zero-order valence-electron chi connectivity index (χ0n) is 21.4. The van der Waals surface area contributed by atoms with Crippen LogP contribution in [0.4, 0.5) is 14.5 Å². The molecule has 14 heteroatoms. The smallest absolute Gasteiger partial charge is 0.314 e. The van der Waals surface area contributed by atoms with Crippen LogP contribution in [0.2, 0.25) is 5.02 Å². The van der Waals surface area contributed by atoms with Crippen molar-refractivity contribution < 1.29 is 31.5 Å². The number of anilines is 1. The largest absolute Gasteiger partial charge is 0.415 e. The standard InChI is InChI=1S/C26H28ClF2N5O5S/c27-19-2-1-3-20(12-19)34(13-17-4-6-18(7-5-17)25-30-31-26(39-25)24(28)29)40(37,38)22-8-10-32(11-9-22)21-14-33(15-21)23(36)16-35/h1-7,12,21-22,24,35H,8-11,13-16H2. The van der Waals surface area contributed by atoms with Crippen molar-refractivity contribution in [2.75, 3.05) is 37.1 Å². The van der Waals surface area contributed by atoms with Crippen LogP contribution in [0.15, 0.2) is 52.9 Å². The van der Waals surface area contributed by atoms with Gasteiger partial charge in [-0.05, 0) is 61.8 Å². The molecule has 2 aliphatic rings. The third-order valence-corrected chi connectivity index (χ3v) is 9.83. The predicted molar refractivity (Wildman–Crippen MR) is 143 cm³/mol. The van der Waals surface area contributed by atoms with Gasteiger partial charge in [-0.1, -0.05) is 29.8 Å². The lowest BCUT2D eigenvalue weighted by Crippen LogP contribution is -2.63. The Morgan fingerprint density at radius 2 is 1.82 bits per heavy atom. The summed E-state index contributed by atoms with van der Waals surface area (Å²) in [7, 11) is -3.80. The van der Waals surface area contributed by atoms with Crippen molar-refractivity contribution in [2.24, 2.45) is 0 Å². The normalized spacial score (nSPS) is 17.3. The van der Waals surface area contributed by atoms with Crippen molar-refractivity contribution in [3.63, 3.8) is 0 Å². The molecule has 0 atom stereocenters. The molecule has 2 saturated heterocycles. The summed E-state index contributed by atoms with van der Waals surface area (Å²) in [6.45, 7) is 1.77. The first-order valence-electron chi connectivity index (χ1n) is 12.8. The number of piperidine rings is 1. The highest BCUT2D eigenvalue weighted by molar-refractivity contribution is 7.93. The monoisotopic (exact) mass is 595 g/mol. The predicted octanol–water partition coefficient (Wildman–Crippen LogP) is 3.33. The van der Waals surface area contributed by atoms with Gasteiger partial charge < -0.3 is 14.4 Å². The van der Waals surface area contributed by atoms with E-state index in [1.54, 1.807) is 53.4 Å². The molecule has 40 heavy (non-hydrogen) atoms. The molecule has 2 aromatic carbocycles. The van der Waals surface area contributed by atoms with E-state index in [1.807, 2.05) is 0 Å². The minimum atomic E-state index is -3.80. The Kier molecular flexibility index (Phi) is 8.36. The lowest BCUT2D eigenvalue weighted by Gasteiger charge is -2.47. The number of nitrogens with zero attached hydrogens (tertiary/aromatic N) is 5. The van der Waals surface area contributed by atoms with Crippen molar-refractivity contribution in [1.29, 1.82) is 0 Å². The van der Waals surface area contributed by atoms with E-state index < -0.39 is 34.2 Å². The molecule has 5 rings (SSSR count). The van der Waals surface area contributed by atoms with E-state index in [9.17, 15) is 22.0 Å². The van der Waals surface area contributed by atoms with Crippen LogP contribution in [-0.2, 0) is 21.4 Å². The molecule has 0 saturated carbocycles. The summed E-state index contributed by atoms with van der Waals surface area (Å²) >= 11 is 6.21. The van der Waals surface area contributed by atoms with E-state index in [-0.39, 0.29) is 24.4 Å². The Labute approximate surface area is 235 Å². The molecule has 1 N–H and O–H groups in total. The second kappa shape index (κ2) is 11.8. The van der Waals surface area contributed by atoms with Crippen LogP contribution in [0.25, 0.3) is 11.5 Å². The molecular formula is C26H28ClF2N5O5S. The average Bonchev–Trinajstić information content (AvgIpc) is 3.42. The average molecular weight is 596 g/mol. The lowest BCUT2D eigenvalue weighted by molar-refractivity contribution is -0.141. The topological polar surface area (TPSA) is 120 Å². The van der Waals surface area contributed by atoms with Crippen LogP contribution in [0.5, 0.6) is 0 Å². The summed E-state index contributed by atoms with van der Waals surface area (Å²) in [4.78, 5) is 15.4. The summed E-state index contributed by atoms with van der Waals surface area (Å²) < 4.78 is 59.9. The quantitative estimate of drug-likeness (QED) is 0.400. The third kappa shape index (κ3) is 5.97. The van der Waals surface area contributed by atoms with Crippen LogP contribution in [0.3, 0.4) is 0 Å². The second-order valence-corrected chi connectivity index (χ2v) is 12.4. The maximum absolute atomic E-state index is 14.0. The zero-order valence-corrected chi connectivity index (χ0v) is 22.9. The van der Waals surface area contributed by atoms with Gasteiger partial charge in [-0.2, -0.15) is 8.78 Å². The number of halogens is 3. The molecule has 0 unspecified atom stereocenters. The molecular weight excluding hydrogens is 568 g/mol.